The molecule has 2 nitrogen and oxygen atoms in total. The maximum absolute atomic E-state index is 8.62. The minimum atomic E-state index is 0.300. The molecule has 0 atom stereocenters. The Morgan fingerprint density at radius 2 is 1.69 bits per heavy atom. The number of rotatable bonds is 8. The van der Waals surface area contributed by atoms with E-state index >= 15 is 0 Å². The maximum Gasteiger partial charge on any atom is 0.119 e. The fourth-order valence-electron chi connectivity index (χ4n) is 1.43. The SMILES string of the molecule is OCCCCCCOc1ccc(CBr)cc1. The first kappa shape index (κ1) is 13.5. The Bertz CT molecular complexity index is 272. The van der Waals surface area contributed by atoms with Gasteiger partial charge in [0.2, 0.25) is 0 Å². The summed E-state index contributed by atoms with van der Waals surface area (Å²) < 4.78 is 5.61. The molecule has 0 aromatic heterocycles. The van der Waals surface area contributed by atoms with Gasteiger partial charge in [-0.25, -0.2) is 0 Å². The summed E-state index contributed by atoms with van der Waals surface area (Å²) in [7, 11) is 0. The summed E-state index contributed by atoms with van der Waals surface area (Å²) in [4.78, 5) is 0. The number of ether oxygens (including phenoxy) is 1. The minimum Gasteiger partial charge on any atom is -0.494 e. The highest BCUT2D eigenvalue weighted by Gasteiger charge is 1.95. The number of hydrogen-bond donors (Lipinski definition) is 1. The summed E-state index contributed by atoms with van der Waals surface area (Å²) in [6, 6.07) is 8.14. The van der Waals surface area contributed by atoms with E-state index in [1.54, 1.807) is 0 Å². The average molecular weight is 287 g/mol. The smallest absolute Gasteiger partial charge is 0.119 e. The van der Waals surface area contributed by atoms with Gasteiger partial charge in [-0.15, -0.1) is 0 Å². The molecule has 1 aromatic carbocycles. The van der Waals surface area contributed by atoms with Gasteiger partial charge in [-0.05, 0) is 37.0 Å². The van der Waals surface area contributed by atoms with E-state index in [-0.39, 0.29) is 0 Å². The lowest BCUT2D eigenvalue weighted by Gasteiger charge is -2.06. The zero-order chi connectivity index (χ0) is 11.6. The number of benzene rings is 1. The molecule has 0 amide bonds. The van der Waals surface area contributed by atoms with Gasteiger partial charge in [0.25, 0.3) is 0 Å². The molecule has 1 N–H and O–H groups in total. The van der Waals surface area contributed by atoms with Crippen LogP contribution >= 0.6 is 15.9 Å². The number of aliphatic hydroxyl groups excluding tert-OH is 1. The third kappa shape index (κ3) is 5.52. The van der Waals surface area contributed by atoms with Crippen molar-refractivity contribution in [2.75, 3.05) is 13.2 Å². The van der Waals surface area contributed by atoms with Gasteiger partial charge in [-0.1, -0.05) is 34.5 Å². The molecule has 0 aliphatic carbocycles. The highest BCUT2D eigenvalue weighted by atomic mass is 79.9. The van der Waals surface area contributed by atoms with Gasteiger partial charge in [-0.3, -0.25) is 0 Å². The van der Waals surface area contributed by atoms with Crippen LogP contribution in [0.5, 0.6) is 5.75 Å². The first-order chi connectivity index (χ1) is 7.86. The Kier molecular flexibility index (Phi) is 7.26. The molecule has 3 heteroatoms. The van der Waals surface area contributed by atoms with Crippen molar-refractivity contribution in [2.45, 2.75) is 31.0 Å². The van der Waals surface area contributed by atoms with Crippen LogP contribution in [0.2, 0.25) is 0 Å². The van der Waals surface area contributed by atoms with Crippen molar-refractivity contribution in [3.05, 3.63) is 29.8 Å². The molecule has 0 bridgehead atoms. The summed E-state index contributed by atoms with van der Waals surface area (Å²) >= 11 is 3.41. The molecule has 1 aromatic rings. The van der Waals surface area contributed by atoms with Crippen LogP contribution in [0.1, 0.15) is 31.2 Å². The predicted molar refractivity (Wildman–Crippen MR) is 70.1 cm³/mol. The first-order valence-corrected chi connectivity index (χ1v) is 6.87. The van der Waals surface area contributed by atoms with Crippen LogP contribution in [-0.4, -0.2) is 18.3 Å². The van der Waals surface area contributed by atoms with Crippen LogP contribution in [0, 0.1) is 0 Å². The van der Waals surface area contributed by atoms with Crippen molar-refractivity contribution in [1.82, 2.24) is 0 Å². The third-order valence-corrected chi connectivity index (χ3v) is 3.05. The summed E-state index contributed by atoms with van der Waals surface area (Å²) in [6.45, 7) is 1.06. The Hall–Kier alpha value is -0.540. The van der Waals surface area contributed by atoms with E-state index in [4.69, 9.17) is 9.84 Å². The molecule has 0 unspecified atom stereocenters. The fourth-order valence-corrected chi connectivity index (χ4v) is 1.81. The molecule has 0 saturated carbocycles. The van der Waals surface area contributed by atoms with Crippen molar-refractivity contribution in [1.29, 1.82) is 0 Å². The fraction of sp³-hybridized carbons (Fsp3) is 0.538. The molecule has 16 heavy (non-hydrogen) atoms. The average Bonchev–Trinajstić information content (AvgIpc) is 2.34. The third-order valence-electron chi connectivity index (χ3n) is 2.40. The molecular weight excluding hydrogens is 268 g/mol. The second-order valence-corrected chi connectivity index (χ2v) is 4.32. The lowest BCUT2D eigenvalue weighted by molar-refractivity contribution is 0.273. The van der Waals surface area contributed by atoms with Crippen LogP contribution in [0.15, 0.2) is 24.3 Å². The van der Waals surface area contributed by atoms with E-state index in [1.807, 2.05) is 12.1 Å². The summed E-state index contributed by atoms with van der Waals surface area (Å²) in [5, 5.41) is 9.50. The Balaban J connectivity index is 2.12. The zero-order valence-electron chi connectivity index (χ0n) is 9.49. The largest absolute Gasteiger partial charge is 0.494 e. The Morgan fingerprint density at radius 3 is 2.31 bits per heavy atom. The molecule has 0 saturated heterocycles. The summed E-state index contributed by atoms with van der Waals surface area (Å²) in [6.07, 6.45) is 4.17. The highest BCUT2D eigenvalue weighted by molar-refractivity contribution is 9.08. The van der Waals surface area contributed by atoms with E-state index in [0.29, 0.717) is 6.61 Å². The maximum atomic E-state index is 8.62. The van der Waals surface area contributed by atoms with Gasteiger partial charge >= 0.3 is 0 Å². The molecular formula is C13H19BrO2. The van der Waals surface area contributed by atoms with Crippen molar-refractivity contribution in [3.63, 3.8) is 0 Å². The van der Waals surface area contributed by atoms with E-state index in [1.165, 1.54) is 5.56 Å². The molecule has 0 spiro atoms. The van der Waals surface area contributed by atoms with E-state index in [0.717, 1.165) is 43.4 Å². The Labute approximate surface area is 106 Å². The molecule has 0 heterocycles. The topological polar surface area (TPSA) is 29.5 Å². The van der Waals surface area contributed by atoms with Crippen LogP contribution in [-0.2, 0) is 5.33 Å². The molecule has 1 rings (SSSR count). The molecule has 0 fully saturated rings. The van der Waals surface area contributed by atoms with Gasteiger partial charge in [0.05, 0.1) is 6.61 Å². The molecule has 0 aliphatic heterocycles. The lowest BCUT2D eigenvalue weighted by Crippen LogP contribution is -1.97. The zero-order valence-corrected chi connectivity index (χ0v) is 11.1. The van der Waals surface area contributed by atoms with Gasteiger partial charge in [0.15, 0.2) is 0 Å². The number of aliphatic hydroxyl groups is 1. The van der Waals surface area contributed by atoms with Crippen LogP contribution in [0.4, 0.5) is 0 Å². The number of unbranched alkanes of at least 4 members (excludes halogenated alkanes) is 3. The summed E-state index contributed by atoms with van der Waals surface area (Å²) in [5.41, 5.74) is 1.26. The molecule has 0 radical (unpaired) electrons. The van der Waals surface area contributed by atoms with Gasteiger partial charge in [0.1, 0.15) is 5.75 Å². The Morgan fingerprint density at radius 1 is 1.00 bits per heavy atom. The summed E-state index contributed by atoms with van der Waals surface area (Å²) in [5.74, 6) is 0.937. The normalized spacial score (nSPS) is 10.4. The van der Waals surface area contributed by atoms with Crippen molar-refractivity contribution >= 4 is 15.9 Å². The van der Waals surface area contributed by atoms with Crippen LogP contribution in [0.3, 0.4) is 0 Å². The van der Waals surface area contributed by atoms with Crippen molar-refractivity contribution < 1.29 is 9.84 Å². The van der Waals surface area contributed by atoms with E-state index in [9.17, 15) is 0 Å². The second-order valence-electron chi connectivity index (χ2n) is 3.76. The number of alkyl halides is 1. The quantitative estimate of drug-likeness (QED) is 0.585. The first-order valence-electron chi connectivity index (χ1n) is 5.75. The lowest BCUT2D eigenvalue weighted by atomic mass is 10.2. The highest BCUT2D eigenvalue weighted by Crippen LogP contribution is 2.14. The van der Waals surface area contributed by atoms with Gasteiger partial charge in [-0.2, -0.15) is 0 Å². The minimum absolute atomic E-state index is 0.300. The van der Waals surface area contributed by atoms with E-state index < -0.39 is 0 Å². The van der Waals surface area contributed by atoms with Crippen LogP contribution in [0.25, 0.3) is 0 Å². The standard InChI is InChI=1S/C13H19BrO2/c14-11-12-5-7-13(8-6-12)16-10-4-2-1-3-9-15/h5-8,15H,1-4,9-11H2. The molecule has 0 aliphatic rings. The second kappa shape index (κ2) is 8.59. The predicted octanol–water partition coefficient (Wildman–Crippen LogP) is 3.51. The van der Waals surface area contributed by atoms with Crippen molar-refractivity contribution in [3.8, 4) is 5.75 Å². The van der Waals surface area contributed by atoms with Gasteiger partial charge in [0, 0.05) is 11.9 Å². The van der Waals surface area contributed by atoms with Crippen LogP contribution < -0.4 is 4.74 Å². The number of hydrogen-bond acceptors (Lipinski definition) is 2. The van der Waals surface area contributed by atoms with Crippen molar-refractivity contribution in [2.24, 2.45) is 0 Å². The van der Waals surface area contributed by atoms with E-state index in [2.05, 4.69) is 28.1 Å². The molecule has 90 valence electrons. The number of halogens is 1. The monoisotopic (exact) mass is 286 g/mol. The van der Waals surface area contributed by atoms with Gasteiger partial charge < -0.3 is 9.84 Å².